The molecule has 1 N–H and O–H groups in total. The number of carbonyl (C=O) groups excluding carboxylic acids is 1. The first-order valence-electron chi connectivity index (χ1n) is 4.65. The third kappa shape index (κ3) is 1.82. The van der Waals surface area contributed by atoms with Crippen molar-refractivity contribution in [2.45, 2.75) is 38.5 Å². The lowest BCUT2D eigenvalue weighted by Gasteiger charge is -2.22. The number of esters is 1. The lowest BCUT2D eigenvalue weighted by atomic mass is 10.0. The summed E-state index contributed by atoms with van der Waals surface area (Å²) in [6, 6.07) is 1.61. The van der Waals surface area contributed by atoms with Crippen LogP contribution in [0.25, 0.3) is 0 Å². The predicted molar refractivity (Wildman–Crippen MR) is 49.4 cm³/mol. The molecule has 0 spiro atoms. The summed E-state index contributed by atoms with van der Waals surface area (Å²) in [5.74, 6) is -0.894. The van der Waals surface area contributed by atoms with Crippen molar-refractivity contribution in [1.29, 1.82) is 5.26 Å². The van der Waals surface area contributed by atoms with Crippen LogP contribution in [-0.2, 0) is 9.53 Å². The van der Waals surface area contributed by atoms with Gasteiger partial charge >= 0.3 is 5.97 Å². The molecule has 2 unspecified atom stereocenters. The van der Waals surface area contributed by atoms with Crippen molar-refractivity contribution in [2.75, 3.05) is 6.61 Å². The summed E-state index contributed by atoms with van der Waals surface area (Å²) in [4.78, 5) is 11.6. The fourth-order valence-electron chi connectivity index (χ4n) is 1.37. The number of carbonyl (C=O) groups is 1. The van der Waals surface area contributed by atoms with Crippen molar-refractivity contribution in [2.24, 2.45) is 5.41 Å². The topological polar surface area (TPSA) is 70.3 Å². The number of nitriles is 1. The number of aliphatic hydroxyl groups excluding tert-OH is 1. The average Bonchev–Trinajstić information content (AvgIpc) is 2.71. The Bertz CT molecular complexity index is 331. The van der Waals surface area contributed by atoms with E-state index in [1.807, 2.05) is 0 Å². The highest BCUT2D eigenvalue weighted by Crippen LogP contribution is 2.59. The van der Waals surface area contributed by atoms with Gasteiger partial charge in [-0.05, 0) is 20.8 Å². The predicted octanol–water partition coefficient (Wildman–Crippen LogP) is 0.942. The van der Waals surface area contributed by atoms with Crippen LogP contribution >= 0.6 is 0 Å². The van der Waals surface area contributed by atoms with Gasteiger partial charge in [-0.1, -0.05) is 0 Å². The molecule has 0 aromatic rings. The van der Waals surface area contributed by atoms with E-state index in [2.05, 4.69) is 0 Å². The van der Waals surface area contributed by atoms with E-state index >= 15 is 0 Å². The summed E-state index contributed by atoms with van der Waals surface area (Å²) >= 11 is 0. The second-order valence-corrected chi connectivity index (χ2v) is 4.82. The Kier molecular flexibility index (Phi) is 2.52. The zero-order valence-corrected chi connectivity index (χ0v) is 9.00. The molecule has 0 bridgehead atoms. The third-order valence-electron chi connectivity index (χ3n) is 2.37. The number of hydrogen-bond donors (Lipinski definition) is 1. The van der Waals surface area contributed by atoms with E-state index in [4.69, 9.17) is 15.1 Å². The molecule has 4 nitrogen and oxygen atoms in total. The van der Waals surface area contributed by atoms with Crippen molar-refractivity contribution < 1.29 is 19.0 Å². The number of rotatable bonds is 2. The minimum absolute atomic E-state index is 0.290. The molecule has 0 aromatic carbocycles. The Morgan fingerprint density at radius 2 is 2.20 bits per heavy atom. The molecule has 0 saturated heterocycles. The molecule has 0 amide bonds. The Morgan fingerprint density at radius 3 is 2.47 bits per heavy atom. The van der Waals surface area contributed by atoms with Crippen LogP contribution in [0.1, 0.15) is 27.2 Å². The second-order valence-electron chi connectivity index (χ2n) is 4.82. The zero-order valence-electron chi connectivity index (χ0n) is 9.00. The van der Waals surface area contributed by atoms with Gasteiger partial charge in [-0.25, -0.2) is 4.39 Å². The SMILES string of the molecule is CC(C)(C)OC(=O)C1(C#N)CC1(F)CO. The molecule has 0 heterocycles. The first-order chi connectivity index (χ1) is 6.71. The molecule has 84 valence electrons. The maximum absolute atomic E-state index is 13.6. The van der Waals surface area contributed by atoms with Crippen molar-refractivity contribution in [3.05, 3.63) is 0 Å². The molecule has 0 aromatic heterocycles. The van der Waals surface area contributed by atoms with Gasteiger partial charge in [-0.15, -0.1) is 0 Å². The summed E-state index contributed by atoms with van der Waals surface area (Å²) in [6.07, 6.45) is -0.290. The largest absolute Gasteiger partial charge is 0.459 e. The van der Waals surface area contributed by atoms with E-state index in [1.54, 1.807) is 26.8 Å². The molecule has 2 atom stereocenters. The second kappa shape index (κ2) is 3.17. The van der Waals surface area contributed by atoms with Crippen molar-refractivity contribution in [1.82, 2.24) is 0 Å². The third-order valence-corrected chi connectivity index (χ3v) is 2.37. The Labute approximate surface area is 87.6 Å². The van der Waals surface area contributed by atoms with Gasteiger partial charge in [0.2, 0.25) is 0 Å². The number of alkyl halides is 1. The lowest BCUT2D eigenvalue weighted by Crippen LogP contribution is -2.34. The molecule has 1 rings (SSSR count). The molecule has 1 aliphatic carbocycles. The zero-order chi connectivity index (χ0) is 11.9. The molecule has 1 fully saturated rings. The Morgan fingerprint density at radius 1 is 1.67 bits per heavy atom. The summed E-state index contributed by atoms with van der Waals surface area (Å²) in [7, 11) is 0. The van der Waals surface area contributed by atoms with Gasteiger partial charge in [-0.3, -0.25) is 4.79 Å². The number of hydrogen-bond acceptors (Lipinski definition) is 4. The van der Waals surface area contributed by atoms with Crippen LogP contribution in [0.4, 0.5) is 4.39 Å². The van der Waals surface area contributed by atoms with Crippen molar-refractivity contribution in [3.8, 4) is 6.07 Å². The van der Waals surface area contributed by atoms with Crippen LogP contribution < -0.4 is 0 Å². The fraction of sp³-hybridized carbons (Fsp3) is 0.800. The molecule has 0 radical (unpaired) electrons. The molecule has 5 heteroatoms. The number of aliphatic hydroxyl groups is 1. The Balaban J connectivity index is 2.82. The van der Waals surface area contributed by atoms with Crippen LogP contribution in [0.2, 0.25) is 0 Å². The van der Waals surface area contributed by atoms with Crippen molar-refractivity contribution >= 4 is 5.97 Å². The minimum Gasteiger partial charge on any atom is -0.459 e. The summed E-state index contributed by atoms with van der Waals surface area (Å²) in [6.45, 7) is 4.07. The highest BCUT2D eigenvalue weighted by atomic mass is 19.1. The molecule has 1 aliphatic rings. The van der Waals surface area contributed by atoms with E-state index in [-0.39, 0.29) is 6.42 Å². The molecule has 15 heavy (non-hydrogen) atoms. The van der Waals surface area contributed by atoms with Gasteiger partial charge in [-0.2, -0.15) is 5.26 Å². The van der Waals surface area contributed by atoms with E-state index in [0.717, 1.165) is 0 Å². The first kappa shape index (κ1) is 11.9. The van der Waals surface area contributed by atoms with Gasteiger partial charge in [0.15, 0.2) is 11.1 Å². The molecule has 1 saturated carbocycles. The van der Waals surface area contributed by atoms with Gasteiger partial charge in [0.1, 0.15) is 5.60 Å². The van der Waals surface area contributed by atoms with Crippen LogP contribution in [-0.4, -0.2) is 29.0 Å². The molecular formula is C10H14FNO3. The number of ether oxygens (including phenoxy) is 1. The summed E-state index contributed by atoms with van der Waals surface area (Å²) in [5, 5.41) is 17.5. The molecular weight excluding hydrogens is 201 g/mol. The van der Waals surface area contributed by atoms with Crippen LogP contribution in [0, 0.1) is 16.7 Å². The number of halogens is 1. The fourth-order valence-corrected chi connectivity index (χ4v) is 1.37. The maximum atomic E-state index is 13.6. The van der Waals surface area contributed by atoms with Crippen LogP contribution in [0.3, 0.4) is 0 Å². The maximum Gasteiger partial charge on any atom is 0.330 e. The summed E-state index contributed by atoms with van der Waals surface area (Å²) in [5.41, 5.74) is -4.71. The minimum atomic E-state index is -2.13. The normalized spacial score (nSPS) is 34.4. The monoisotopic (exact) mass is 215 g/mol. The molecule has 0 aliphatic heterocycles. The van der Waals surface area contributed by atoms with E-state index < -0.39 is 29.3 Å². The smallest absolute Gasteiger partial charge is 0.330 e. The van der Waals surface area contributed by atoms with E-state index in [0.29, 0.717) is 0 Å². The Hall–Kier alpha value is -1.15. The van der Waals surface area contributed by atoms with E-state index in [9.17, 15) is 9.18 Å². The van der Waals surface area contributed by atoms with E-state index in [1.165, 1.54) is 0 Å². The van der Waals surface area contributed by atoms with Gasteiger partial charge < -0.3 is 9.84 Å². The average molecular weight is 215 g/mol. The van der Waals surface area contributed by atoms with Crippen molar-refractivity contribution in [3.63, 3.8) is 0 Å². The highest BCUT2D eigenvalue weighted by molar-refractivity contribution is 5.86. The first-order valence-corrected chi connectivity index (χ1v) is 4.65. The highest BCUT2D eigenvalue weighted by Gasteiger charge is 2.76. The quantitative estimate of drug-likeness (QED) is 0.696. The van der Waals surface area contributed by atoms with Gasteiger partial charge in [0, 0.05) is 6.42 Å². The number of nitrogens with zero attached hydrogens (tertiary/aromatic N) is 1. The van der Waals surface area contributed by atoms with Gasteiger partial charge in [0.25, 0.3) is 0 Å². The van der Waals surface area contributed by atoms with Crippen LogP contribution in [0.5, 0.6) is 0 Å². The van der Waals surface area contributed by atoms with Crippen LogP contribution in [0.15, 0.2) is 0 Å². The lowest BCUT2D eigenvalue weighted by molar-refractivity contribution is -0.161. The summed E-state index contributed by atoms with van der Waals surface area (Å²) < 4.78 is 18.5. The standard InChI is InChI=1S/C10H14FNO3/c1-8(2,3)15-7(14)9(5-12)4-10(9,11)6-13/h13H,4,6H2,1-3H3. The van der Waals surface area contributed by atoms with Gasteiger partial charge in [0.05, 0.1) is 12.7 Å².